The van der Waals surface area contributed by atoms with E-state index in [1.807, 2.05) is 84.9 Å². The molecular weight excluding hydrogens is 811 g/mol. The number of carbonyl (C=O) groups is 3. The first-order valence-electron chi connectivity index (χ1n) is 19.8. The van der Waals surface area contributed by atoms with E-state index >= 15 is 0 Å². The van der Waals surface area contributed by atoms with Crippen LogP contribution in [0.4, 0.5) is 5.69 Å². The van der Waals surface area contributed by atoms with E-state index in [1.54, 1.807) is 48.5 Å². The maximum atomic E-state index is 14.2. The van der Waals surface area contributed by atoms with Gasteiger partial charge in [0.1, 0.15) is 24.1 Å². The van der Waals surface area contributed by atoms with Gasteiger partial charge in [-0.15, -0.1) is 0 Å². The van der Waals surface area contributed by atoms with E-state index in [4.69, 9.17) is 37.9 Å². The molecule has 2 aliphatic rings. The van der Waals surface area contributed by atoms with E-state index in [2.05, 4.69) is 21.6 Å². The van der Waals surface area contributed by atoms with Crippen LogP contribution in [0, 0.1) is 11.3 Å². The Labute approximate surface area is 363 Å². The number of fused-ring (bicyclic) bond motifs is 2. The van der Waals surface area contributed by atoms with E-state index in [9.17, 15) is 19.5 Å². The zero-order valence-corrected chi connectivity index (χ0v) is 34.3. The molecule has 8 rings (SSSR count). The van der Waals surface area contributed by atoms with Crippen LogP contribution in [0.2, 0.25) is 10.0 Å². The molecule has 61 heavy (non-hydrogen) atoms. The number of carboxylic acids is 1. The predicted octanol–water partition coefficient (Wildman–Crippen LogP) is 8.96. The van der Waals surface area contributed by atoms with Gasteiger partial charge in [-0.2, -0.15) is 5.26 Å². The van der Waals surface area contributed by atoms with Gasteiger partial charge in [-0.3, -0.25) is 14.5 Å². The van der Waals surface area contributed by atoms with Gasteiger partial charge in [0.2, 0.25) is 12.0 Å². The smallest absolute Gasteiger partial charge is 0.326 e. The number of hydrogen-bond acceptors (Lipinski definition) is 7. The lowest BCUT2D eigenvalue weighted by atomic mass is 9.91. The van der Waals surface area contributed by atoms with Gasteiger partial charge in [0.15, 0.2) is 0 Å². The van der Waals surface area contributed by atoms with Gasteiger partial charge in [-0.1, -0.05) is 108 Å². The summed E-state index contributed by atoms with van der Waals surface area (Å²) < 4.78 is 12.3. The molecule has 2 heterocycles. The fourth-order valence-electron chi connectivity index (χ4n) is 7.68. The minimum absolute atomic E-state index is 0.0918. The SMILES string of the molecule is N#Cc1ccc(-c2ccc(CC(NC(=O)C3Cc4cc5c(cc4CN3CCc3ccccc3)OC(c3ccc(OCc4ccc(Cl)c(Cl)c4)cc3)C(=O)N5)C(=O)O)cc2)cc1. The second kappa shape index (κ2) is 18.3. The summed E-state index contributed by atoms with van der Waals surface area (Å²) in [5.74, 6) is -0.724. The number of nitrogens with zero attached hydrogens (tertiary/aromatic N) is 2. The Kier molecular flexibility index (Phi) is 12.3. The van der Waals surface area contributed by atoms with Gasteiger partial charge in [0.25, 0.3) is 5.91 Å². The number of carbonyl (C=O) groups excluding carboxylic acids is 2. The molecular formula is C49H40Cl2N4O6. The third-order valence-electron chi connectivity index (χ3n) is 11.0. The molecule has 0 aromatic heterocycles. The summed E-state index contributed by atoms with van der Waals surface area (Å²) in [5, 5.41) is 26.2. The predicted molar refractivity (Wildman–Crippen MR) is 234 cm³/mol. The monoisotopic (exact) mass is 850 g/mol. The number of halogens is 2. The van der Waals surface area contributed by atoms with Crippen LogP contribution < -0.4 is 20.1 Å². The first-order valence-corrected chi connectivity index (χ1v) is 20.6. The number of rotatable bonds is 13. The molecule has 2 aliphatic heterocycles. The van der Waals surface area contributed by atoms with Crippen molar-refractivity contribution in [2.24, 2.45) is 0 Å². The van der Waals surface area contributed by atoms with Crippen molar-refractivity contribution in [3.05, 3.63) is 182 Å². The molecule has 6 aromatic carbocycles. The normalized spacial score (nSPS) is 16.2. The van der Waals surface area contributed by atoms with Crippen LogP contribution >= 0.6 is 23.2 Å². The van der Waals surface area contributed by atoms with Crippen molar-refractivity contribution in [2.45, 2.75) is 50.6 Å². The number of ether oxygens (including phenoxy) is 2. The van der Waals surface area contributed by atoms with Crippen LogP contribution in [0.15, 0.2) is 133 Å². The highest BCUT2D eigenvalue weighted by atomic mass is 35.5. The Balaban J connectivity index is 0.970. The zero-order chi connectivity index (χ0) is 42.5. The molecule has 3 atom stereocenters. The number of nitrogens with one attached hydrogen (secondary N) is 2. The van der Waals surface area contributed by atoms with Gasteiger partial charge < -0.3 is 25.2 Å². The number of carboxylic acid groups (broad SMARTS) is 1. The van der Waals surface area contributed by atoms with Gasteiger partial charge in [0.05, 0.1) is 33.4 Å². The number of amides is 2. The Bertz CT molecular complexity index is 2620. The average molecular weight is 852 g/mol. The van der Waals surface area contributed by atoms with E-state index in [0.717, 1.165) is 38.9 Å². The lowest BCUT2D eigenvalue weighted by molar-refractivity contribution is -0.142. The number of aliphatic carboxylic acids is 1. The number of benzene rings is 6. The molecule has 0 bridgehead atoms. The highest BCUT2D eigenvalue weighted by Gasteiger charge is 2.36. The zero-order valence-electron chi connectivity index (χ0n) is 32.8. The second-order valence-corrected chi connectivity index (χ2v) is 15.9. The molecule has 2 amide bonds. The molecule has 0 aliphatic carbocycles. The van der Waals surface area contributed by atoms with Crippen LogP contribution in [0.25, 0.3) is 11.1 Å². The maximum Gasteiger partial charge on any atom is 0.326 e. The van der Waals surface area contributed by atoms with E-state index in [0.29, 0.717) is 64.3 Å². The van der Waals surface area contributed by atoms with Crippen molar-refractivity contribution in [1.82, 2.24) is 10.2 Å². The van der Waals surface area contributed by atoms with Crippen molar-refractivity contribution in [3.63, 3.8) is 0 Å². The lowest BCUT2D eigenvalue weighted by Gasteiger charge is -2.37. The summed E-state index contributed by atoms with van der Waals surface area (Å²) in [6.07, 6.45) is 0.179. The Morgan fingerprint density at radius 3 is 2.25 bits per heavy atom. The number of nitriles is 1. The topological polar surface area (TPSA) is 141 Å². The van der Waals surface area contributed by atoms with Crippen LogP contribution in [0.1, 0.15) is 45.0 Å². The van der Waals surface area contributed by atoms with Crippen molar-refractivity contribution < 1.29 is 29.0 Å². The maximum absolute atomic E-state index is 14.2. The number of hydrogen-bond donors (Lipinski definition) is 3. The number of anilines is 1. The summed E-state index contributed by atoms with van der Waals surface area (Å²) in [5.41, 5.74) is 8.14. The fraction of sp³-hybridized carbons (Fsp3) is 0.184. The summed E-state index contributed by atoms with van der Waals surface area (Å²) in [4.78, 5) is 42.3. The van der Waals surface area contributed by atoms with Crippen LogP contribution in [-0.4, -0.2) is 46.4 Å². The molecule has 6 aromatic rings. The first kappa shape index (κ1) is 41.1. The molecule has 0 fully saturated rings. The van der Waals surface area contributed by atoms with Crippen LogP contribution in [0.3, 0.4) is 0 Å². The second-order valence-electron chi connectivity index (χ2n) is 15.1. The van der Waals surface area contributed by atoms with Crippen molar-refractivity contribution in [1.29, 1.82) is 5.26 Å². The molecule has 12 heteroatoms. The summed E-state index contributed by atoms with van der Waals surface area (Å²) in [7, 11) is 0. The molecule has 3 unspecified atom stereocenters. The molecule has 306 valence electrons. The molecule has 0 saturated heterocycles. The van der Waals surface area contributed by atoms with Crippen molar-refractivity contribution in [2.75, 3.05) is 11.9 Å². The standard InChI is InChI=1S/C49H40Cl2N4O6/c50-40-19-10-33(22-41(40)51)29-60-39-17-15-36(16-18-39)46-48(57)53-42-24-37-25-44(55(28-38(37)26-45(42)61-46)21-20-30-4-2-1-3-5-30)47(56)54-43(49(58)59)23-31-6-11-34(12-7-31)35-13-8-32(27-52)9-14-35/h1-19,22,24,26,43-44,46H,20-21,23,25,28-29H2,(H,53,57)(H,54,56)(H,58,59). The van der Waals surface area contributed by atoms with Gasteiger partial charge in [-0.05, 0) is 100 Å². The summed E-state index contributed by atoms with van der Waals surface area (Å²) >= 11 is 12.2. The molecule has 0 radical (unpaired) electrons. The third-order valence-corrected chi connectivity index (χ3v) is 11.8. The average Bonchev–Trinajstić information content (AvgIpc) is 3.28. The molecule has 3 N–H and O–H groups in total. The Hall–Kier alpha value is -6.64. The van der Waals surface area contributed by atoms with E-state index < -0.39 is 24.2 Å². The highest BCUT2D eigenvalue weighted by molar-refractivity contribution is 6.42. The van der Waals surface area contributed by atoms with Crippen LogP contribution in [0.5, 0.6) is 11.5 Å². The summed E-state index contributed by atoms with van der Waals surface area (Å²) in [6.45, 7) is 1.25. The Morgan fingerprint density at radius 1 is 0.852 bits per heavy atom. The molecule has 0 spiro atoms. The quantitative estimate of drug-likeness (QED) is 0.105. The molecule has 10 nitrogen and oxygen atoms in total. The lowest BCUT2D eigenvalue weighted by Crippen LogP contribution is -2.54. The summed E-state index contributed by atoms with van der Waals surface area (Å²) in [6, 6.07) is 41.3. The third kappa shape index (κ3) is 9.72. The fourth-order valence-corrected chi connectivity index (χ4v) is 8.00. The van der Waals surface area contributed by atoms with Crippen molar-refractivity contribution >= 4 is 46.7 Å². The highest BCUT2D eigenvalue weighted by Crippen LogP contribution is 2.40. The van der Waals surface area contributed by atoms with Crippen molar-refractivity contribution in [3.8, 4) is 28.7 Å². The minimum Gasteiger partial charge on any atom is -0.489 e. The van der Waals surface area contributed by atoms with Crippen LogP contribution in [-0.2, 0) is 46.8 Å². The molecule has 0 saturated carbocycles. The first-order chi connectivity index (χ1) is 29.6. The largest absolute Gasteiger partial charge is 0.489 e. The van der Waals surface area contributed by atoms with Gasteiger partial charge >= 0.3 is 5.97 Å². The van der Waals surface area contributed by atoms with Gasteiger partial charge in [-0.25, -0.2) is 4.79 Å². The van der Waals surface area contributed by atoms with E-state index in [1.165, 1.54) is 0 Å². The minimum atomic E-state index is -1.16. The Morgan fingerprint density at radius 2 is 1.56 bits per heavy atom. The van der Waals surface area contributed by atoms with Gasteiger partial charge in [0, 0.05) is 25.1 Å². The van der Waals surface area contributed by atoms with E-state index in [-0.39, 0.29) is 24.8 Å².